The van der Waals surface area contributed by atoms with Crippen LogP contribution in [0.4, 0.5) is 9.59 Å². The van der Waals surface area contributed by atoms with E-state index in [0.29, 0.717) is 32.5 Å². The van der Waals surface area contributed by atoms with Crippen molar-refractivity contribution in [1.82, 2.24) is 15.1 Å². The molecule has 0 saturated carbocycles. The fourth-order valence-electron chi connectivity index (χ4n) is 5.92. The minimum absolute atomic E-state index is 0.0570. The molecule has 2 aliphatic heterocycles. The number of carbonyl (C=O) groups is 3. The summed E-state index contributed by atoms with van der Waals surface area (Å²) in [4.78, 5) is 43.3. The van der Waals surface area contributed by atoms with Crippen LogP contribution in [-0.2, 0) is 14.3 Å². The van der Waals surface area contributed by atoms with Gasteiger partial charge in [-0.2, -0.15) is 0 Å². The number of nitrogens with zero attached hydrogens (tertiary/aromatic N) is 2. The fraction of sp³-hybridized carbons (Fsp3) is 0.500. The molecule has 3 amide bonds. The second-order valence-electron chi connectivity index (χ2n) is 11.5. The Balaban J connectivity index is 1.33. The topological polar surface area (TPSA) is 88.2 Å². The van der Waals surface area contributed by atoms with Crippen molar-refractivity contribution in [2.45, 2.75) is 63.5 Å². The molecule has 38 heavy (non-hydrogen) atoms. The normalized spacial score (nSPS) is 21.0. The summed E-state index contributed by atoms with van der Waals surface area (Å²) in [6, 6.07) is 16.3. The van der Waals surface area contributed by atoms with Crippen molar-refractivity contribution in [3.05, 3.63) is 59.7 Å². The molecule has 1 N–H and O–H groups in total. The summed E-state index contributed by atoms with van der Waals surface area (Å²) in [5.41, 5.74) is 2.64. The van der Waals surface area contributed by atoms with Crippen LogP contribution in [0, 0.1) is 0 Å². The van der Waals surface area contributed by atoms with Crippen LogP contribution in [0.5, 0.6) is 0 Å². The predicted octanol–water partition coefficient (Wildman–Crippen LogP) is 4.92. The van der Waals surface area contributed by atoms with E-state index in [9.17, 15) is 14.4 Å². The number of amides is 3. The van der Waals surface area contributed by atoms with E-state index in [1.807, 2.05) is 45.0 Å². The molecule has 2 fully saturated rings. The van der Waals surface area contributed by atoms with Gasteiger partial charge in [-0.25, -0.2) is 9.59 Å². The summed E-state index contributed by atoms with van der Waals surface area (Å²) in [5, 5.41) is 2.93. The van der Waals surface area contributed by atoms with Gasteiger partial charge in [0, 0.05) is 25.6 Å². The second-order valence-corrected chi connectivity index (χ2v) is 11.5. The van der Waals surface area contributed by atoms with Gasteiger partial charge in [0.15, 0.2) is 0 Å². The molecule has 1 unspecified atom stereocenters. The Morgan fingerprint density at radius 2 is 1.47 bits per heavy atom. The lowest BCUT2D eigenvalue weighted by Crippen LogP contribution is -2.67. The quantitative estimate of drug-likeness (QED) is 0.620. The van der Waals surface area contributed by atoms with Crippen LogP contribution in [-0.4, -0.2) is 71.8 Å². The SMILES string of the molecule is CC(C)(C)OC(=O)N1CCCC(NC(=O)OCC2c3ccccc3-c3ccccc32)(C(=O)N2CCCC2)C1. The largest absolute Gasteiger partial charge is 0.449 e. The van der Waals surface area contributed by atoms with E-state index in [0.717, 1.165) is 35.1 Å². The van der Waals surface area contributed by atoms with Gasteiger partial charge in [0.25, 0.3) is 0 Å². The maximum absolute atomic E-state index is 13.8. The Morgan fingerprint density at radius 1 is 0.895 bits per heavy atom. The highest BCUT2D eigenvalue weighted by Crippen LogP contribution is 2.44. The third kappa shape index (κ3) is 5.22. The molecule has 2 aromatic carbocycles. The highest BCUT2D eigenvalue weighted by atomic mass is 16.6. The summed E-state index contributed by atoms with van der Waals surface area (Å²) in [7, 11) is 0. The molecule has 0 radical (unpaired) electrons. The molecule has 2 aromatic rings. The van der Waals surface area contributed by atoms with E-state index >= 15 is 0 Å². The Hall–Kier alpha value is -3.55. The maximum atomic E-state index is 13.8. The van der Waals surface area contributed by atoms with Gasteiger partial charge in [-0.3, -0.25) is 4.79 Å². The number of hydrogen-bond donors (Lipinski definition) is 1. The molecule has 3 aliphatic rings. The van der Waals surface area contributed by atoms with Gasteiger partial charge >= 0.3 is 12.2 Å². The van der Waals surface area contributed by atoms with Crippen LogP contribution in [0.1, 0.15) is 63.5 Å². The molecule has 1 aliphatic carbocycles. The van der Waals surface area contributed by atoms with Crippen LogP contribution >= 0.6 is 0 Å². The van der Waals surface area contributed by atoms with Crippen LogP contribution in [0.25, 0.3) is 11.1 Å². The first-order valence-corrected chi connectivity index (χ1v) is 13.6. The molecule has 0 bridgehead atoms. The maximum Gasteiger partial charge on any atom is 0.410 e. The molecule has 8 nitrogen and oxygen atoms in total. The van der Waals surface area contributed by atoms with E-state index in [-0.39, 0.29) is 25.0 Å². The Morgan fingerprint density at radius 3 is 2.08 bits per heavy atom. The molecular weight excluding hydrogens is 482 g/mol. The van der Waals surface area contributed by atoms with E-state index in [1.54, 1.807) is 4.90 Å². The van der Waals surface area contributed by atoms with Gasteiger partial charge in [-0.15, -0.1) is 0 Å². The minimum atomic E-state index is -1.25. The summed E-state index contributed by atoms with van der Waals surface area (Å²) < 4.78 is 11.4. The van der Waals surface area contributed by atoms with Gasteiger partial charge in [-0.05, 0) is 68.7 Å². The molecule has 202 valence electrons. The number of piperidine rings is 1. The number of hydrogen-bond acceptors (Lipinski definition) is 5. The van der Waals surface area contributed by atoms with Crippen molar-refractivity contribution in [3.8, 4) is 11.1 Å². The van der Waals surface area contributed by atoms with Crippen molar-refractivity contribution < 1.29 is 23.9 Å². The standard InChI is InChI=1S/C30H37N3O5/c1-29(2,3)38-28(36)33-18-10-15-30(20-33,26(34)32-16-8-9-17-32)31-27(35)37-19-25-23-13-6-4-11-21(23)22-12-5-7-14-24(22)25/h4-7,11-14,25H,8-10,15-20H2,1-3H3,(H,31,35). The van der Waals surface area contributed by atoms with E-state index in [2.05, 4.69) is 29.6 Å². The molecule has 0 spiro atoms. The lowest BCUT2D eigenvalue weighted by molar-refractivity contribution is -0.139. The first-order valence-electron chi connectivity index (χ1n) is 13.6. The second kappa shape index (κ2) is 10.3. The smallest absolute Gasteiger partial charge is 0.410 e. The zero-order chi connectivity index (χ0) is 26.9. The van der Waals surface area contributed by atoms with Gasteiger partial charge in [0.2, 0.25) is 5.91 Å². The van der Waals surface area contributed by atoms with Gasteiger partial charge in [0.05, 0.1) is 6.54 Å². The zero-order valence-corrected chi connectivity index (χ0v) is 22.5. The Labute approximate surface area is 224 Å². The van der Waals surface area contributed by atoms with E-state index in [4.69, 9.17) is 9.47 Å². The molecule has 5 rings (SSSR count). The first kappa shape index (κ1) is 26.1. The highest BCUT2D eigenvalue weighted by Gasteiger charge is 2.48. The van der Waals surface area contributed by atoms with Gasteiger partial charge < -0.3 is 24.6 Å². The van der Waals surface area contributed by atoms with Crippen LogP contribution in [0.3, 0.4) is 0 Å². The van der Waals surface area contributed by atoms with Gasteiger partial charge in [-0.1, -0.05) is 48.5 Å². The summed E-state index contributed by atoms with van der Waals surface area (Å²) in [6.07, 6.45) is 1.75. The molecule has 0 aromatic heterocycles. The van der Waals surface area contributed by atoms with E-state index < -0.39 is 23.3 Å². The number of rotatable bonds is 4. The third-order valence-electron chi connectivity index (χ3n) is 7.63. The average Bonchev–Trinajstić information content (AvgIpc) is 3.53. The van der Waals surface area contributed by atoms with Crippen LogP contribution in [0.15, 0.2) is 48.5 Å². The fourth-order valence-corrected chi connectivity index (χ4v) is 5.92. The molecular formula is C30H37N3O5. The van der Waals surface area contributed by atoms with E-state index in [1.165, 1.54) is 4.90 Å². The molecule has 8 heteroatoms. The van der Waals surface area contributed by atoms with Crippen molar-refractivity contribution >= 4 is 18.1 Å². The summed E-state index contributed by atoms with van der Waals surface area (Å²) in [5.74, 6) is -0.236. The van der Waals surface area contributed by atoms with Crippen molar-refractivity contribution in [3.63, 3.8) is 0 Å². The summed E-state index contributed by atoms with van der Waals surface area (Å²) >= 11 is 0. The minimum Gasteiger partial charge on any atom is -0.449 e. The lowest BCUT2D eigenvalue weighted by atomic mass is 9.87. The number of nitrogens with one attached hydrogen (secondary N) is 1. The number of benzene rings is 2. The van der Waals surface area contributed by atoms with Crippen LogP contribution in [0.2, 0.25) is 0 Å². The number of carbonyl (C=O) groups excluding carboxylic acids is 3. The van der Waals surface area contributed by atoms with Crippen molar-refractivity contribution in [1.29, 1.82) is 0 Å². The highest BCUT2D eigenvalue weighted by molar-refractivity contribution is 5.91. The zero-order valence-electron chi connectivity index (χ0n) is 22.5. The third-order valence-corrected chi connectivity index (χ3v) is 7.63. The lowest BCUT2D eigenvalue weighted by Gasteiger charge is -2.43. The molecule has 2 saturated heterocycles. The molecule has 1 atom stereocenters. The number of fused-ring (bicyclic) bond motifs is 3. The molecule has 2 heterocycles. The monoisotopic (exact) mass is 519 g/mol. The number of likely N-dealkylation sites (tertiary alicyclic amines) is 2. The number of alkyl carbamates (subject to hydrolysis) is 1. The predicted molar refractivity (Wildman–Crippen MR) is 144 cm³/mol. The Bertz CT molecular complexity index is 1170. The van der Waals surface area contributed by atoms with Crippen LogP contribution < -0.4 is 5.32 Å². The Kier molecular flexibility index (Phi) is 7.07. The van der Waals surface area contributed by atoms with Crippen molar-refractivity contribution in [2.24, 2.45) is 0 Å². The van der Waals surface area contributed by atoms with Crippen molar-refractivity contribution in [2.75, 3.05) is 32.8 Å². The average molecular weight is 520 g/mol. The first-order chi connectivity index (χ1) is 18.2. The number of ether oxygens (including phenoxy) is 2. The van der Waals surface area contributed by atoms with Gasteiger partial charge in [0.1, 0.15) is 17.7 Å². The summed E-state index contributed by atoms with van der Waals surface area (Å²) in [6.45, 7) is 7.42.